The molecular weight excluding hydrogens is 280 g/mol. The van der Waals surface area contributed by atoms with Gasteiger partial charge in [-0.15, -0.1) is 0 Å². The summed E-state index contributed by atoms with van der Waals surface area (Å²) in [5, 5.41) is 10.3. The smallest absolute Gasteiger partial charge is 0.411 e. The molecule has 2 rings (SSSR count). The predicted octanol–water partition coefficient (Wildman–Crippen LogP) is 3.80. The quantitative estimate of drug-likeness (QED) is 0.651. The first-order valence-electron chi connectivity index (χ1n) is 6.98. The Morgan fingerprint density at radius 2 is 1.73 bits per heavy atom. The van der Waals surface area contributed by atoms with Crippen molar-refractivity contribution in [3.05, 3.63) is 65.7 Å². The summed E-state index contributed by atoms with van der Waals surface area (Å²) in [7, 11) is 0. The first kappa shape index (κ1) is 15.6. The van der Waals surface area contributed by atoms with E-state index < -0.39 is 6.09 Å². The van der Waals surface area contributed by atoms with Gasteiger partial charge >= 0.3 is 6.09 Å². The summed E-state index contributed by atoms with van der Waals surface area (Å²) in [6.45, 7) is 2.50. The SMILES string of the molecule is CCOC(=N)c1ccc(NC(=O)OCc2ccccc2)cc1. The minimum Gasteiger partial charge on any atom is -0.478 e. The molecule has 5 heteroatoms. The van der Waals surface area contributed by atoms with Crippen LogP contribution in [0.2, 0.25) is 0 Å². The molecule has 0 saturated heterocycles. The lowest BCUT2D eigenvalue weighted by Crippen LogP contribution is -2.13. The minimum absolute atomic E-state index is 0.112. The van der Waals surface area contributed by atoms with Crippen LogP contribution >= 0.6 is 0 Å². The Hall–Kier alpha value is -2.82. The summed E-state index contributed by atoms with van der Waals surface area (Å²) in [6.07, 6.45) is -0.517. The van der Waals surface area contributed by atoms with Gasteiger partial charge in [-0.2, -0.15) is 0 Å². The number of benzene rings is 2. The number of amides is 1. The Morgan fingerprint density at radius 3 is 2.36 bits per heavy atom. The normalized spacial score (nSPS) is 9.86. The Balaban J connectivity index is 1.85. The molecule has 2 N–H and O–H groups in total. The number of hydrogen-bond acceptors (Lipinski definition) is 4. The molecule has 0 fully saturated rings. The molecule has 2 aromatic carbocycles. The second kappa shape index (κ2) is 7.83. The first-order valence-corrected chi connectivity index (χ1v) is 6.98. The first-order chi connectivity index (χ1) is 10.7. The van der Waals surface area contributed by atoms with Crippen molar-refractivity contribution in [3.8, 4) is 0 Å². The molecule has 0 saturated carbocycles. The molecule has 0 unspecified atom stereocenters. The van der Waals surface area contributed by atoms with Crippen molar-refractivity contribution in [1.29, 1.82) is 5.41 Å². The van der Waals surface area contributed by atoms with Gasteiger partial charge in [0.1, 0.15) is 6.61 Å². The molecule has 0 spiro atoms. The van der Waals surface area contributed by atoms with Gasteiger partial charge in [-0.3, -0.25) is 10.7 Å². The van der Waals surface area contributed by atoms with E-state index in [9.17, 15) is 4.79 Å². The van der Waals surface area contributed by atoms with Crippen molar-refractivity contribution >= 4 is 17.7 Å². The minimum atomic E-state index is -0.517. The molecule has 0 atom stereocenters. The third-order valence-corrected chi connectivity index (χ3v) is 2.89. The molecule has 0 aliphatic rings. The van der Waals surface area contributed by atoms with Crippen molar-refractivity contribution in [2.24, 2.45) is 0 Å². The standard InChI is InChI=1S/C17H18N2O3/c1-2-21-16(18)14-8-10-15(11-9-14)19-17(20)22-12-13-6-4-3-5-7-13/h3-11,18H,2,12H2,1H3,(H,19,20). The molecule has 0 aliphatic carbocycles. The van der Waals surface area contributed by atoms with Gasteiger partial charge in [0.25, 0.3) is 0 Å². The van der Waals surface area contributed by atoms with Crippen molar-refractivity contribution in [1.82, 2.24) is 0 Å². The molecule has 0 radical (unpaired) electrons. The van der Waals surface area contributed by atoms with Crippen LogP contribution in [0.25, 0.3) is 0 Å². The summed E-state index contributed by atoms with van der Waals surface area (Å²) in [4.78, 5) is 11.7. The van der Waals surface area contributed by atoms with Gasteiger partial charge in [-0.1, -0.05) is 30.3 Å². The lowest BCUT2D eigenvalue weighted by molar-refractivity contribution is 0.155. The number of carbonyl (C=O) groups is 1. The van der Waals surface area contributed by atoms with Crippen LogP contribution in [0.4, 0.5) is 10.5 Å². The fraction of sp³-hybridized carbons (Fsp3) is 0.176. The fourth-order valence-corrected chi connectivity index (χ4v) is 1.81. The van der Waals surface area contributed by atoms with E-state index in [1.54, 1.807) is 24.3 Å². The molecule has 22 heavy (non-hydrogen) atoms. The van der Waals surface area contributed by atoms with Crippen molar-refractivity contribution in [2.75, 3.05) is 11.9 Å². The molecular formula is C17H18N2O3. The molecule has 1 amide bonds. The van der Waals surface area contributed by atoms with Gasteiger partial charge in [0, 0.05) is 11.3 Å². The van der Waals surface area contributed by atoms with Gasteiger partial charge in [0.15, 0.2) is 0 Å². The van der Waals surface area contributed by atoms with Crippen LogP contribution < -0.4 is 5.32 Å². The van der Waals surface area contributed by atoms with Gasteiger partial charge in [-0.05, 0) is 36.8 Å². The highest BCUT2D eigenvalue weighted by Gasteiger charge is 2.05. The zero-order chi connectivity index (χ0) is 15.8. The van der Waals surface area contributed by atoms with E-state index in [-0.39, 0.29) is 12.5 Å². The summed E-state index contributed by atoms with van der Waals surface area (Å²) in [5.74, 6) is 0.112. The van der Waals surface area contributed by atoms with Gasteiger partial charge in [-0.25, -0.2) is 4.79 Å². The lowest BCUT2D eigenvalue weighted by atomic mass is 10.2. The van der Waals surface area contributed by atoms with Crippen molar-refractivity contribution < 1.29 is 14.3 Å². The maximum Gasteiger partial charge on any atom is 0.411 e. The zero-order valence-electron chi connectivity index (χ0n) is 12.3. The van der Waals surface area contributed by atoms with Gasteiger partial charge < -0.3 is 9.47 Å². The number of anilines is 1. The van der Waals surface area contributed by atoms with Crippen molar-refractivity contribution in [2.45, 2.75) is 13.5 Å². The molecule has 5 nitrogen and oxygen atoms in total. The Morgan fingerprint density at radius 1 is 1.05 bits per heavy atom. The maximum absolute atomic E-state index is 11.7. The Labute approximate surface area is 129 Å². The second-order valence-electron chi connectivity index (χ2n) is 4.53. The summed E-state index contributed by atoms with van der Waals surface area (Å²) in [5.41, 5.74) is 2.19. The number of ether oxygens (including phenoxy) is 2. The van der Waals surface area contributed by atoms with Crippen LogP contribution in [0.5, 0.6) is 0 Å². The van der Waals surface area contributed by atoms with E-state index in [2.05, 4.69) is 5.32 Å². The molecule has 114 valence electrons. The number of nitrogens with one attached hydrogen (secondary N) is 2. The van der Waals surface area contributed by atoms with Crippen LogP contribution in [0.3, 0.4) is 0 Å². The Bertz CT molecular complexity index is 624. The van der Waals surface area contributed by atoms with E-state index in [0.29, 0.717) is 17.9 Å². The molecule has 2 aromatic rings. The summed E-state index contributed by atoms with van der Waals surface area (Å²) >= 11 is 0. The van der Waals surface area contributed by atoms with E-state index in [1.165, 1.54) is 0 Å². The van der Waals surface area contributed by atoms with Crippen molar-refractivity contribution in [3.63, 3.8) is 0 Å². The average molecular weight is 298 g/mol. The topological polar surface area (TPSA) is 71.4 Å². The largest absolute Gasteiger partial charge is 0.478 e. The predicted molar refractivity (Wildman–Crippen MR) is 85.1 cm³/mol. The Kier molecular flexibility index (Phi) is 5.54. The van der Waals surface area contributed by atoms with Crippen LogP contribution in [0, 0.1) is 5.41 Å². The van der Waals surface area contributed by atoms with E-state index in [4.69, 9.17) is 14.9 Å². The van der Waals surface area contributed by atoms with Crippen LogP contribution in [0.1, 0.15) is 18.1 Å². The monoisotopic (exact) mass is 298 g/mol. The molecule has 0 bridgehead atoms. The third-order valence-electron chi connectivity index (χ3n) is 2.89. The summed E-state index contributed by atoms with van der Waals surface area (Å²) < 4.78 is 10.2. The molecule has 0 aromatic heterocycles. The van der Waals surface area contributed by atoms with Crippen LogP contribution in [-0.4, -0.2) is 18.6 Å². The molecule has 0 aliphatic heterocycles. The second-order valence-corrected chi connectivity index (χ2v) is 4.53. The zero-order valence-corrected chi connectivity index (χ0v) is 12.3. The van der Waals surface area contributed by atoms with E-state index in [0.717, 1.165) is 5.56 Å². The fourth-order valence-electron chi connectivity index (χ4n) is 1.81. The molecule has 0 heterocycles. The van der Waals surface area contributed by atoms with Crippen LogP contribution in [-0.2, 0) is 16.1 Å². The highest BCUT2D eigenvalue weighted by atomic mass is 16.5. The van der Waals surface area contributed by atoms with Gasteiger partial charge in [0.2, 0.25) is 5.90 Å². The number of hydrogen-bond donors (Lipinski definition) is 2. The lowest BCUT2D eigenvalue weighted by Gasteiger charge is -2.08. The van der Waals surface area contributed by atoms with Crippen LogP contribution in [0.15, 0.2) is 54.6 Å². The average Bonchev–Trinajstić information content (AvgIpc) is 2.55. The highest BCUT2D eigenvalue weighted by Crippen LogP contribution is 2.11. The maximum atomic E-state index is 11.7. The summed E-state index contributed by atoms with van der Waals surface area (Å²) in [6, 6.07) is 16.3. The number of carbonyl (C=O) groups excluding carboxylic acids is 1. The third kappa shape index (κ3) is 4.63. The van der Waals surface area contributed by atoms with E-state index in [1.807, 2.05) is 37.3 Å². The van der Waals surface area contributed by atoms with E-state index >= 15 is 0 Å². The highest BCUT2D eigenvalue weighted by molar-refractivity contribution is 5.92. The number of rotatable bonds is 5. The van der Waals surface area contributed by atoms with Gasteiger partial charge in [0.05, 0.1) is 6.61 Å².